The lowest BCUT2D eigenvalue weighted by Crippen LogP contribution is -1.93. The van der Waals surface area contributed by atoms with Crippen molar-refractivity contribution in [2.45, 2.75) is 0 Å². The van der Waals surface area contributed by atoms with E-state index in [1.807, 2.05) is 37.4 Å². The SMILES string of the molecule is CNc1cccc(-c2ccc(C#N)cc2)n1. The molecule has 0 fully saturated rings. The standard InChI is InChI=1S/C13H11N3/c1-15-13-4-2-3-12(16-13)11-7-5-10(9-14)6-8-11/h2-8H,1H3,(H,15,16). The molecule has 1 heterocycles. The number of benzene rings is 1. The molecule has 0 aliphatic heterocycles. The third-order valence-corrected chi connectivity index (χ3v) is 2.31. The van der Waals surface area contributed by atoms with Crippen molar-refractivity contribution in [1.82, 2.24) is 4.98 Å². The molecule has 0 bridgehead atoms. The first-order chi connectivity index (χ1) is 7.83. The highest BCUT2D eigenvalue weighted by atomic mass is 15.0. The minimum absolute atomic E-state index is 0.661. The van der Waals surface area contributed by atoms with Crippen LogP contribution in [0.15, 0.2) is 42.5 Å². The molecule has 2 rings (SSSR count). The van der Waals surface area contributed by atoms with E-state index in [2.05, 4.69) is 16.4 Å². The van der Waals surface area contributed by atoms with Gasteiger partial charge in [0.1, 0.15) is 5.82 Å². The molecule has 1 aromatic heterocycles. The molecule has 78 valence electrons. The van der Waals surface area contributed by atoms with Crippen LogP contribution in [0.5, 0.6) is 0 Å². The van der Waals surface area contributed by atoms with Crippen LogP contribution in [0.1, 0.15) is 5.56 Å². The van der Waals surface area contributed by atoms with Crippen molar-refractivity contribution in [3.8, 4) is 17.3 Å². The van der Waals surface area contributed by atoms with Crippen LogP contribution in [0, 0.1) is 11.3 Å². The van der Waals surface area contributed by atoms with Crippen molar-refractivity contribution >= 4 is 5.82 Å². The van der Waals surface area contributed by atoms with Crippen molar-refractivity contribution in [2.75, 3.05) is 12.4 Å². The van der Waals surface area contributed by atoms with Gasteiger partial charge in [0.25, 0.3) is 0 Å². The molecule has 0 atom stereocenters. The predicted molar refractivity (Wildman–Crippen MR) is 63.9 cm³/mol. The zero-order valence-electron chi connectivity index (χ0n) is 8.94. The highest BCUT2D eigenvalue weighted by Gasteiger charge is 2.00. The minimum Gasteiger partial charge on any atom is -0.373 e. The number of nitrogens with one attached hydrogen (secondary N) is 1. The summed E-state index contributed by atoms with van der Waals surface area (Å²) in [5.74, 6) is 0.835. The molecule has 0 spiro atoms. The number of rotatable bonds is 2. The number of pyridine rings is 1. The lowest BCUT2D eigenvalue weighted by atomic mass is 10.1. The normalized spacial score (nSPS) is 9.50. The second-order valence-electron chi connectivity index (χ2n) is 3.35. The molecule has 0 aliphatic rings. The zero-order chi connectivity index (χ0) is 11.4. The van der Waals surface area contributed by atoms with E-state index in [0.29, 0.717) is 5.56 Å². The van der Waals surface area contributed by atoms with E-state index < -0.39 is 0 Å². The van der Waals surface area contributed by atoms with Crippen LogP contribution in [0.2, 0.25) is 0 Å². The lowest BCUT2D eigenvalue weighted by molar-refractivity contribution is 1.29. The summed E-state index contributed by atoms with van der Waals surface area (Å²) in [7, 11) is 1.84. The number of aromatic nitrogens is 1. The van der Waals surface area contributed by atoms with E-state index in [4.69, 9.17) is 5.26 Å². The number of nitriles is 1. The fourth-order valence-electron chi connectivity index (χ4n) is 1.45. The molecule has 0 radical (unpaired) electrons. The third-order valence-electron chi connectivity index (χ3n) is 2.31. The Bertz CT molecular complexity index is 524. The topological polar surface area (TPSA) is 48.7 Å². The Kier molecular flexibility index (Phi) is 2.84. The number of hydrogen-bond acceptors (Lipinski definition) is 3. The van der Waals surface area contributed by atoms with Crippen LogP contribution in [0.3, 0.4) is 0 Å². The summed E-state index contributed by atoms with van der Waals surface area (Å²) in [5, 5.41) is 11.7. The predicted octanol–water partition coefficient (Wildman–Crippen LogP) is 2.66. The van der Waals surface area contributed by atoms with Gasteiger partial charge in [-0.25, -0.2) is 4.98 Å². The fraction of sp³-hybridized carbons (Fsp3) is 0.0769. The summed E-state index contributed by atoms with van der Waals surface area (Å²) < 4.78 is 0. The van der Waals surface area contributed by atoms with Crippen molar-refractivity contribution in [3.63, 3.8) is 0 Å². The number of anilines is 1. The van der Waals surface area contributed by atoms with Gasteiger partial charge in [-0.05, 0) is 24.3 Å². The van der Waals surface area contributed by atoms with Crippen LogP contribution in [-0.4, -0.2) is 12.0 Å². The van der Waals surface area contributed by atoms with Gasteiger partial charge in [0.05, 0.1) is 17.3 Å². The first-order valence-electron chi connectivity index (χ1n) is 4.99. The van der Waals surface area contributed by atoms with Gasteiger partial charge in [-0.3, -0.25) is 0 Å². The van der Waals surface area contributed by atoms with Gasteiger partial charge in [-0.2, -0.15) is 5.26 Å². The van der Waals surface area contributed by atoms with Crippen LogP contribution in [-0.2, 0) is 0 Å². The molecular weight excluding hydrogens is 198 g/mol. The Labute approximate surface area is 94.4 Å². The smallest absolute Gasteiger partial charge is 0.126 e. The van der Waals surface area contributed by atoms with E-state index >= 15 is 0 Å². The Morgan fingerprint density at radius 1 is 1.12 bits per heavy atom. The maximum absolute atomic E-state index is 8.71. The van der Waals surface area contributed by atoms with Crippen LogP contribution >= 0.6 is 0 Å². The molecule has 0 aliphatic carbocycles. The van der Waals surface area contributed by atoms with Gasteiger partial charge >= 0.3 is 0 Å². The molecule has 1 N–H and O–H groups in total. The van der Waals surface area contributed by atoms with Crippen molar-refractivity contribution < 1.29 is 0 Å². The summed E-state index contributed by atoms with van der Waals surface area (Å²) in [6.45, 7) is 0. The Morgan fingerprint density at radius 3 is 2.50 bits per heavy atom. The maximum Gasteiger partial charge on any atom is 0.126 e. The maximum atomic E-state index is 8.71. The molecule has 0 unspecified atom stereocenters. The Hall–Kier alpha value is -2.34. The Balaban J connectivity index is 2.39. The molecule has 3 heteroatoms. The van der Waals surface area contributed by atoms with Crippen LogP contribution < -0.4 is 5.32 Å². The van der Waals surface area contributed by atoms with Gasteiger partial charge in [-0.15, -0.1) is 0 Å². The van der Waals surface area contributed by atoms with E-state index in [0.717, 1.165) is 17.1 Å². The molecule has 16 heavy (non-hydrogen) atoms. The average Bonchev–Trinajstić information content (AvgIpc) is 2.39. The number of nitrogens with zero attached hydrogens (tertiary/aromatic N) is 2. The van der Waals surface area contributed by atoms with Gasteiger partial charge in [0.2, 0.25) is 0 Å². The molecule has 2 aromatic rings. The zero-order valence-corrected chi connectivity index (χ0v) is 8.94. The minimum atomic E-state index is 0.661. The van der Waals surface area contributed by atoms with E-state index in [9.17, 15) is 0 Å². The van der Waals surface area contributed by atoms with E-state index in [1.165, 1.54) is 0 Å². The average molecular weight is 209 g/mol. The van der Waals surface area contributed by atoms with Crippen molar-refractivity contribution in [2.24, 2.45) is 0 Å². The fourth-order valence-corrected chi connectivity index (χ4v) is 1.45. The summed E-state index contributed by atoms with van der Waals surface area (Å²) >= 11 is 0. The monoisotopic (exact) mass is 209 g/mol. The van der Waals surface area contributed by atoms with E-state index in [1.54, 1.807) is 12.1 Å². The lowest BCUT2D eigenvalue weighted by Gasteiger charge is -2.03. The summed E-state index contributed by atoms with van der Waals surface area (Å²) in [5.41, 5.74) is 2.57. The summed E-state index contributed by atoms with van der Waals surface area (Å²) in [4.78, 5) is 4.42. The van der Waals surface area contributed by atoms with Crippen LogP contribution in [0.25, 0.3) is 11.3 Å². The van der Waals surface area contributed by atoms with Gasteiger partial charge in [0.15, 0.2) is 0 Å². The number of hydrogen-bond donors (Lipinski definition) is 1. The second kappa shape index (κ2) is 4.45. The largest absolute Gasteiger partial charge is 0.373 e. The van der Waals surface area contributed by atoms with Gasteiger partial charge < -0.3 is 5.32 Å². The molecule has 3 nitrogen and oxygen atoms in total. The van der Waals surface area contributed by atoms with Crippen molar-refractivity contribution in [3.05, 3.63) is 48.0 Å². The van der Waals surface area contributed by atoms with Crippen LogP contribution in [0.4, 0.5) is 5.82 Å². The quantitative estimate of drug-likeness (QED) is 0.827. The molecule has 0 saturated carbocycles. The molecule has 0 amide bonds. The summed E-state index contributed by atoms with van der Waals surface area (Å²) in [6, 6.07) is 15.3. The summed E-state index contributed by atoms with van der Waals surface area (Å²) in [6.07, 6.45) is 0. The molecule has 0 saturated heterocycles. The first-order valence-corrected chi connectivity index (χ1v) is 4.99. The van der Waals surface area contributed by atoms with E-state index in [-0.39, 0.29) is 0 Å². The van der Waals surface area contributed by atoms with Gasteiger partial charge in [-0.1, -0.05) is 18.2 Å². The highest BCUT2D eigenvalue weighted by Crippen LogP contribution is 2.18. The molecular formula is C13H11N3. The highest BCUT2D eigenvalue weighted by molar-refractivity contribution is 5.62. The molecule has 1 aromatic carbocycles. The third kappa shape index (κ3) is 2.01. The Morgan fingerprint density at radius 2 is 1.88 bits per heavy atom. The second-order valence-corrected chi connectivity index (χ2v) is 3.35. The van der Waals surface area contributed by atoms with Crippen molar-refractivity contribution in [1.29, 1.82) is 5.26 Å². The van der Waals surface area contributed by atoms with Gasteiger partial charge in [0, 0.05) is 12.6 Å². The first kappa shape index (κ1) is 10.2.